The normalized spacial score (nSPS) is 15.8. The first-order valence-electron chi connectivity index (χ1n) is 7.11. The summed E-state index contributed by atoms with van der Waals surface area (Å²) in [5, 5.41) is 0. The van der Waals surface area contributed by atoms with Gasteiger partial charge in [0.15, 0.2) is 0 Å². The molecule has 0 N–H and O–H groups in total. The molecule has 0 saturated carbocycles. The first-order chi connectivity index (χ1) is 10.1. The largest absolute Gasteiger partial charge is 0.469 e. The molecule has 1 aliphatic heterocycles. The molecular weight excluding hydrogens is 270 g/mol. The molecule has 0 unspecified atom stereocenters. The van der Waals surface area contributed by atoms with E-state index in [0.717, 1.165) is 18.8 Å². The molecule has 21 heavy (non-hydrogen) atoms. The molecule has 0 spiro atoms. The van der Waals surface area contributed by atoms with Gasteiger partial charge < -0.3 is 9.64 Å². The van der Waals surface area contributed by atoms with E-state index in [9.17, 15) is 9.59 Å². The van der Waals surface area contributed by atoms with Crippen LogP contribution in [-0.2, 0) is 9.53 Å². The minimum atomic E-state index is -0.194. The number of rotatable bonds is 4. The van der Waals surface area contributed by atoms with E-state index >= 15 is 0 Å². The van der Waals surface area contributed by atoms with Crippen molar-refractivity contribution in [3.63, 3.8) is 0 Å². The van der Waals surface area contributed by atoms with Crippen LogP contribution < -0.4 is 0 Å². The Balaban J connectivity index is 1.83. The second-order valence-corrected chi connectivity index (χ2v) is 5.15. The Morgan fingerprint density at radius 3 is 2.62 bits per heavy atom. The molecule has 1 aromatic heterocycles. The van der Waals surface area contributed by atoms with Gasteiger partial charge >= 0.3 is 5.97 Å². The summed E-state index contributed by atoms with van der Waals surface area (Å²) in [5.41, 5.74) is 1.53. The van der Waals surface area contributed by atoms with Crippen molar-refractivity contribution < 1.29 is 14.3 Å². The number of piperazine rings is 1. The number of hydrogen-bond acceptors (Lipinski definition) is 5. The molecule has 0 bridgehead atoms. The number of carbonyl (C=O) groups excluding carboxylic acids is 2. The molecule has 0 radical (unpaired) electrons. The van der Waals surface area contributed by atoms with Crippen LogP contribution in [0.1, 0.15) is 22.5 Å². The number of amides is 1. The molecule has 114 valence electrons. The van der Waals surface area contributed by atoms with Crippen molar-refractivity contribution in [2.75, 3.05) is 39.8 Å². The molecular formula is C15H21N3O3. The molecule has 1 fully saturated rings. The van der Waals surface area contributed by atoms with Crippen LogP contribution >= 0.6 is 0 Å². The molecule has 0 atom stereocenters. The van der Waals surface area contributed by atoms with Crippen LogP contribution in [0.25, 0.3) is 0 Å². The van der Waals surface area contributed by atoms with E-state index in [1.165, 1.54) is 7.11 Å². The maximum Gasteiger partial charge on any atom is 0.306 e. The summed E-state index contributed by atoms with van der Waals surface area (Å²) in [5.74, 6) is -0.145. The quantitative estimate of drug-likeness (QED) is 0.765. The Morgan fingerprint density at radius 1 is 1.29 bits per heavy atom. The number of pyridine rings is 1. The molecule has 1 saturated heterocycles. The summed E-state index contributed by atoms with van der Waals surface area (Å²) in [6.45, 7) is 5.49. The summed E-state index contributed by atoms with van der Waals surface area (Å²) in [6, 6.07) is 3.56. The maximum atomic E-state index is 12.4. The average molecular weight is 291 g/mol. The van der Waals surface area contributed by atoms with Gasteiger partial charge in [-0.25, -0.2) is 0 Å². The molecule has 0 aliphatic carbocycles. The average Bonchev–Trinajstić information content (AvgIpc) is 2.52. The Labute approximate surface area is 124 Å². The van der Waals surface area contributed by atoms with Crippen LogP contribution in [0.15, 0.2) is 18.3 Å². The van der Waals surface area contributed by atoms with E-state index in [-0.39, 0.29) is 11.9 Å². The van der Waals surface area contributed by atoms with Crippen molar-refractivity contribution in [2.24, 2.45) is 0 Å². The monoisotopic (exact) mass is 291 g/mol. The minimum Gasteiger partial charge on any atom is -0.469 e. The Kier molecular flexibility index (Phi) is 5.27. The lowest BCUT2D eigenvalue weighted by molar-refractivity contribution is -0.141. The number of methoxy groups -OCH3 is 1. The summed E-state index contributed by atoms with van der Waals surface area (Å²) in [7, 11) is 1.40. The highest BCUT2D eigenvalue weighted by Gasteiger charge is 2.22. The van der Waals surface area contributed by atoms with Crippen molar-refractivity contribution in [1.29, 1.82) is 0 Å². The van der Waals surface area contributed by atoms with Gasteiger partial charge in [-0.05, 0) is 19.1 Å². The van der Waals surface area contributed by atoms with Gasteiger partial charge in [-0.1, -0.05) is 0 Å². The van der Waals surface area contributed by atoms with Crippen molar-refractivity contribution in [2.45, 2.75) is 13.3 Å². The smallest absolute Gasteiger partial charge is 0.306 e. The van der Waals surface area contributed by atoms with Gasteiger partial charge in [0.25, 0.3) is 5.91 Å². The summed E-state index contributed by atoms with van der Waals surface area (Å²) in [4.78, 5) is 31.6. The van der Waals surface area contributed by atoms with Crippen LogP contribution in [0, 0.1) is 6.92 Å². The molecule has 2 heterocycles. The van der Waals surface area contributed by atoms with Gasteiger partial charge in [0.2, 0.25) is 0 Å². The second kappa shape index (κ2) is 7.17. The Bertz CT molecular complexity index is 511. The van der Waals surface area contributed by atoms with Crippen LogP contribution in [0.3, 0.4) is 0 Å². The summed E-state index contributed by atoms with van der Waals surface area (Å²) < 4.78 is 4.63. The Morgan fingerprint density at radius 2 is 2.00 bits per heavy atom. The predicted molar refractivity (Wildman–Crippen MR) is 78.0 cm³/mol. The topological polar surface area (TPSA) is 62.7 Å². The first kappa shape index (κ1) is 15.4. The fourth-order valence-corrected chi connectivity index (χ4v) is 2.39. The zero-order valence-corrected chi connectivity index (χ0v) is 12.5. The zero-order chi connectivity index (χ0) is 15.2. The van der Waals surface area contributed by atoms with Crippen molar-refractivity contribution in [3.05, 3.63) is 29.6 Å². The van der Waals surface area contributed by atoms with E-state index in [1.807, 2.05) is 17.9 Å². The van der Waals surface area contributed by atoms with Gasteiger partial charge in [-0.2, -0.15) is 0 Å². The number of ether oxygens (including phenoxy) is 1. The number of hydrogen-bond donors (Lipinski definition) is 0. The van der Waals surface area contributed by atoms with Crippen LogP contribution in [0.4, 0.5) is 0 Å². The van der Waals surface area contributed by atoms with E-state index in [2.05, 4.69) is 14.6 Å². The zero-order valence-electron chi connectivity index (χ0n) is 12.5. The number of carbonyl (C=O) groups is 2. The highest BCUT2D eigenvalue weighted by Crippen LogP contribution is 2.09. The summed E-state index contributed by atoms with van der Waals surface area (Å²) >= 11 is 0. The third-order valence-corrected chi connectivity index (χ3v) is 3.66. The number of esters is 1. The van der Waals surface area contributed by atoms with Crippen molar-refractivity contribution in [3.8, 4) is 0 Å². The number of aromatic nitrogens is 1. The third kappa shape index (κ3) is 4.26. The van der Waals surface area contributed by atoms with Crippen LogP contribution in [0.5, 0.6) is 0 Å². The van der Waals surface area contributed by atoms with E-state index in [0.29, 0.717) is 31.6 Å². The van der Waals surface area contributed by atoms with Gasteiger partial charge in [0.1, 0.15) is 0 Å². The SMILES string of the molecule is COC(=O)CCN1CCN(C(=O)c2ccnc(C)c2)CC1. The predicted octanol–water partition coefficient (Wildman–Crippen LogP) is 0.711. The molecule has 1 aromatic rings. The van der Waals surface area contributed by atoms with Gasteiger partial charge in [0, 0.05) is 50.2 Å². The highest BCUT2D eigenvalue weighted by molar-refractivity contribution is 5.94. The maximum absolute atomic E-state index is 12.4. The van der Waals surface area contributed by atoms with E-state index in [4.69, 9.17) is 0 Å². The van der Waals surface area contributed by atoms with Crippen molar-refractivity contribution in [1.82, 2.24) is 14.8 Å². The van der Waals surface area contributed by atoms with Crippen molar-refractivity contribution >= 4 is 11.9 Å². The highest BCUT2D eigenvalue weighted by atomic mass is 16.5. The standard InChI is InChI=1S/C15H21N3O3/c1-12-11-13(3-5-16-12)15(20)18-9-7-17(8-10-18)6-4-14(19)21-2/h3,5,11H,4,6-10H2,1-2H3. The molecule has 6 heteroatoms. The number of aryl methyl sites for hydroxylation is 1. The van der Waals surface area contributed by atoms with Crippen LogP contribution in [-0.4, -0.2) is 66.5 Å². The number of nitrogens with zero attached hydrogens (tertiary/aromatic N) is 3. The lowest BCUT2D eigenvalue weighted by Gasteiger charge is -2.34. The van der Waals surface area contributed by atoms with Crippen LogP contribution in [0.2, 0.25) is 0 Å². The van der Waals surface area contributed by atoms with Gasteiger partial charge in [-0.15, -0.1) is 0 Å². The lowest BCUT2D eigenvalue weighted by Crippen LogP contribution is -2.49. The molecule has 6 nitrogen and oxygen atoms in total. The second-order valence-electron chi connectivity index (χ2n) is 5.15. The fraction of sp³-hybridized carbons (Fsp3) is 0.533. The lowest BCUT2D eigenvalue weighted by atomic mass is 10.2. The van der Waals surface area contributed by atoms with Gasteiger partial charge in [0.05, 0.1) is 13.5 Å². The molecule has 1 aliphatic rings. The fourth-order valence-electron chi connectivity index (χ4n) is 2.39. The Hall–Kier alpha value is -1.95. The molecule has 2 rings (SSSR count). The first-order valence-corrected chi connectivity index (χ1v) is 7.11. The third-order valence-electron chi connectivity index (χ3n) is 3.66. The van der Waals surface area contributed by atoms with E-state index in [1.54, 1.807) is 12.3 Å². The van der Waals surface area contributed by atoms with E-state index < -0.39 is 0 Å². The molecule has 1 amide bonds. The minimum absolute atomic E-state index is 0.0492. The van der Waals surface area contributed by atoms with Gasteiger partial charge in [-0.3, -0.25) is 19.5 Å². The summed E-state index contributed by atoms with van der Waals surface area (Å²) in [6.07, 6.45) is 2.06. The molecule has 0 aromatic carbocycles.